The van der Waals surface area contributed by atoms with Gasteiger partial charge in [-0.25, -0.2) is 0 Å². The molecule has 0 aliphatic carbocycles. The van der Waals surface area contributed by atoms with Crippen LogP contribution in [0.3, 0.4) is 0 Å². The van der Waals surface area contributed by atoms with Gasteiger partial charge in [-0.3, -0.25) is 0 Å². The molecule has 2 saturated heterocycles. The summed E-state index contributed by atoms with van der Waals surface area (Å²) in [6.45, 7) is 0.764. The molecule has 2 aliphatic rings. The van der Waals surface area contributed by atoms with Gasteiger partial charge in [0, 0.05) is 28.8 Å². The fourth-order valence-electron chi connectivity index (χ4n) is 5.11. The Morgan fingerprint density at radius 3 is 2.74 bits per heavy atom. The van der Waals surface area contributed by atoms with Gasteiger partial charge in [0.2, 0.25) is 0 Å². The first-order chi connectivity index (χ1) is 13.2. The van der Waals surface area contributed by atoms with Gasteiger partial charge in [0.15, 0.2) is 0 Å². The minimum Gasteiger partial charge on any atom is -0.493 e. The van der Waals surface area contributed by atoms with E-state index >= 15 is 0 Å². The number of halogens is 1. The Labute approximate surface area is 169 Å². The highest BCUT2D eigenvalue weighted by atomic mass is 35.5. The van der Waals surface area contributed by atoms with Crippen LogP contribution in [0, 0.1) is 5.92 Å². The molecule has 0 N–H and O–H groups in total. The van der Waals surface area contributed by atoms with E-state index in [9.17, 15) is 0 Å². The van der Waals surface area contributed by atoms with Crippen LogP contribution < -0.4 is 4.74 Å². The van der Waals surface area contributed by atoms with Crippen molar-refractivity contribution in [2.24, 2.45) is 5.92 Å². The van der Waals surface area contributed by atoms with Crippen LogP contribution in [0.2, 0.25) is 4.34 Å². The van der Waals surface area contributed by atoms with E-state index in [1.54, 1.807) is 11.3 Å². The Balaban J connectivity index is 1.39. The molecule has 4 unspecified atom stereocenters. The Hall–Kier alpha value is -1.55. The zero-order valence-electron chi connectivity index (χ0n) is 15.5. The molecule has 3 aromatic rings. The lowest BCUT2D eigenvalue weighted by Gasteiger charge is -2.42. The maximum atomic E-state index is 6.36. The average molecular weight is 398 g/mol. The fourth-order valence-corrected chi connectivity index (χ4v) is 6.36. The van der Waals surface area contributed by atoms with Crippen LogP contribution in [0.4, 0.5) is 0 Å². The Morgan fingerprint density at radius 2 is 1.93 bits per heavy atom. The molecule has 0 radical (unpaired) electrons. The predicted octanol–water partition coefficient (Wildman–Crippen LogP) is 6.20. The molecule has 0 amide bonds. The molecule has 27 heavy (non-hydrogen) atoms. The quantitative estimate of drug-likeness (QED) is 0.519. The SMILES string of the molecule is CN1C2CCC1C(COc1ccc3ccccc3c1)C(c1ccc(Cl)s1)C2. The molecule has 2 bridgehead atoms. The van der Waals surface area contributed by atoms with Gasteiger partial charge in [0.1, 0.15) is 5.75 Å². The Kier molecular flexibility index (Phi) is 4.63. The molecule has 5 rings (SSSR count). The second-order valence-corrected chi connectivity index (χ2v) is 9.68. The van der Waals surface area contributed by atoms with Gasteiger partial charge in [-0.05, 0) is 61.3 Å². The van der Waals surface area contributed by atoms with Gasteiger partial charge in [0.05, 0.1) is 10.9 Å². The number of hydrogen-bond acceptors (Lipinski definition) is 3. The summed E-state index contributed by atoms with van der Waals surface area (Å²) in [6, 6.07) is 20.5. The van der Waals surface area contributed by atoms with E-state index in [1.807, 2.05) is 6.07 Å². The molecule has 4 atom stereocenters. The molecule has 2 fully saturated rings. The van der Waals surface area contributed by atoms with Crippen molar-refractivity contribution in [2.75, 3.05) is 13.7 Å². The molecule has 3 heterocycles. The van der Waals surface area contributed by atoms with E-state index in [-0.39, 0.29) is 0 Å². The van der Waals surface area contributed by atoms with Gasteiger partial charge in [0.25, 0.3) is 0 Å². The largest absolute Gasteiger partial charge is 0.493 e. The zero-order valence-corrected chi connectivity index (χ0v) is 17.0. The van der Waals surface area contributed by atoms with Crippen molar-refractivity contribution in [3.8, 4) is 5.75 Å². The van der Waals surface area contributed by atoms with Gasteiger partial charge in [-0.15, -0.1) is 11.3 Å². The van der Waals surface area contributed by atoms with Crippen molar-refractivity contribution in [1.29, 1.82) is 0 Å². The number of ether oxygens (including phenoxy) is 1. The topological polar surface area (TPSA) is 12.5 Å². The second-order valence-electron chi connectivity index (χ2n) is 7.93. The molecule has 140 valence electrons. The summed E-state index contributed by atoms with van der Waals surface area (Å²) in [5, 5.41) is 2.49. The van der Waals surface area contributed by atoms with Crippen molar-refractivity contribution in [2.45, 2.75) is 37.3 Å². The predicted molar refractivity (Wildman–Crippen MR) is 114 cm³/mol. The van der Waals surface area contributed by atoms with Crippen LogP contribution in [0.5, 0.6) is 5.75 Å². The van der Waals surface area contributed by atoms with Crippen LogP contribution in [0.15, 0.2) is 54.6 Å². The first-order valence-electron chi connectivity index (χ1n) is 9.78. The maximum absolute atomic E-state index is 6.36. The van der Waals surface area contributed by atoms with Crippen LogP contribution >= 0.6 is 22.9 Å². The van der Waals surface area contributed by atoms with Gasteiger partial charge in [-0.2, -0.15) is 0 Å². The Bertz CT molecular complexity index is 954. The average Bonchev–Trinajstić information content (AvgIpc) is 3.21. The van der Waals surface area contributed by atoms with Crippen molar-refractivity contribution in [1.82, 2.24) is 4.90 Å². The number of nitrogens with zero attached hydrogens (tertiary/aromatic N) is 1. The van der Waals surface area contributed by atoms with E-state index < -0.39 is 0 Å². The minimum atomic E-state index is 0.509. The lowest BCUT2D eigenvalue weighted by molar-refractivity contribution is 0.0677. The number of piperidine rings is 1. The molecule has 4 heteroatoms. The molecule has 1 aromatic heterocycles. The van der Waals surface area contributed by atoms with Crippen LogP contribution in [-0.4, -0.2) is 30.6 Å². The van der Waals surface area contributed by atoms with E-state index in [0.717, 1.165) is 16.7 Å². The van der Waals surface area contributed by atoms with Crippen molar-refractivity contribution in [3.05, 3.63) is 63.8 Å². The standard InChI is InChI=1S/C23H24ClNOS/c1-25-17-7-9-21(25)20(19(13-17)22-10-11-23(24)27-22)14-26-18-8-6-15-4-2-3-5-16(15)12-18/h2-6,8,10-12,17,19-21H,7,9,13-14H2,1H3. The smallest absolute Gasteiger partial charge is 0.119 e. The van der Waals surface area contributed by atoms with Gasteiger partial charge in [-0.1, -0.05) is 41.9 Å². The number of fused-ring (bicyclic) bond motifs is 3. The lowest BCUT2D eigenvalue weighted by atomic mass is 9.80. The summed E-state index contributed by atoms with van der Waals surface area (Å²) >= 11 is 8.00. The maximum Gasteiger partial charge on any atom is 0.119 e. The van der Waals surface area contributed by atoms with E-state index in [4.69, 9.17) is 16.3 Å². The highest BCUT2D eigenvalue weighted by Crippen LogP contribution is 2.48. The summed E-state index contributed by atoms with van der Waals surface area (Å²) in [5.74, 6) is 2.03. The molecule has 0 saturated carbocycles. The molecule has 2 aliphatic heterocycles. The zero-order chi connectivity index (χ0) is 18.4. The number of hydrogen-bond donors (Lipinski definition) is 0. The van der Waals surface area contributed by atoms with Crippen molar-refractivity contribution < 1.29 is 4.74 Å². The highest BCUT2D eigenvalue weighted by Gasteiger charge is 2.46. The van der Waals surface area contributed by atoms with Crippen molar-refractivity contribution in [3.63, 3.8) is 0 Å². The summed E-state index contributed by atoms with van der Waals surface area (Å²) in [4.78, 5) is 4.03. The second kappa shape index (κ2) is 7.12. The van der Waals surface area contributed by atoms with E-state index in [1.165, 1.54) is 34.9 Å². The summed E-state index contributed by atoms with van der Waals surface area (Å²) < 4.78 is 7.25. The van der Waals surface area contributed by atoms with Crippen LogP contribution in [0.1, 0.15) is 30.1 Å². The molecular formula is C23H24ClNOS. The summed E-state index contributed by atoms with van der Waals surface area (Å²) in [6.07, 6.45) is 3.81. The number of benzene rings is 2. The number of rotatable bonds is 4. The molecule has 0 spiro atoms. The van der Waals surface area contributed by atoms with Crippen LogP contribution in [-0.2, 0) is 0 Å². The monoisotopic (exact) mass is 397 g/mol. The number of thiophene rings is 1. The summed E-state index contributed by atoms with van der Waals surface area (Å²) in [5.41, 5.74) is 0. The summed E-state index contributed by atoms with van der Waals surface area (Å²) in [7, 11) is 2.29. The molecule has 2 nitrogen and oxygen atoms in total. The molecule has 2 aromatic carbocycles. The molecular weight excluding hydrogens is 374 g/mol. The Morgan fingerprint density at radius 1 is 1.07 bits per heavy atom. The minimum absolute atomic E-state index is 0.509. The fraction of sp³-hybridized carbons (Fsp3) is 0.391. The third-order valence-corrected chi connectivity index (χ3v) is 7.92. The van der Waals surface area contributed by atoms with Gasteiger partial charge < -0.3 is 9.64 Å². The highest BCUT2D eigenvalue weighted by molar-refractivity contribution is 7.16. The van der Waals surface area contributed by atoms with Crippen LogP contribution in [0.25, 0.3) is 10.8 Å². The first-order valence-corrected chi connectivity index (χ1v) is 11.0. The van der Waals surface area contributed by atoms with E-state index in [2.05, 4.69) is 60.5 Å². The lowest BCUT2D eigenvalue weighted by Crippen LogP contribution is -2.47. The first kappa shape index (κ1) is 17.5. The van der Waals surface area contributed by atoms with Crippen molar-refractivity contribution >= 4 is 33.7 Å². The normalized spacial score (nSPS) is 27.9. The third kappa shape index (κ3) is 3.26. The van der Waals surface area contributed by atoms with E-state index in [0.29, 0.717) is 23.9 Å². The third-order valence-electron chi connectivity index (χ3n) is 6.55. The van der Waals surface area contributed by atoms with Gasteiger partial charge >= 0.3 is 0 Å².